The quantitative estimate of drug-likeness (QED) is 0.378. The Hall–Kier alpha value is -2.86. The first-order valence-electron chi connectivity index (χ1n) is 8.35. The van der Waals surface area contributed by atoms with Crippen LogP contribution in [-0.4, -0.2) is 57.4 Å². The van der Waals surface area contributed by atoms with Crippen molar-refractivity contribution in [2.24, 2.45) is 4.99 Å². The predicted octanol–water partition coefficient (Wildman–Crippen LogP) is 1.48. The van der Waals surface area contributed by atoms with E-state index in [0.29, 0.717) is 43.5 Å². The lowest BCUT2D eigenvalue weighted by Crippen LogP contribution is -2.36. The van der Waals surface area contributed by atoms with E-state index in [1.807, 2.05) is 4.90 Å². The highest BCUT2D eigenvalue weighted by molar-refractivity contribution is 5.90. The number of morpholine rings is 1. The van der Waals surface area contributed by atoms with Gasteiger partial charge in [0.05, 0.1) is 37.7 Å². The first-order chi connectivity index (χ1) is 12.6. The molecule has 2 fully saturated rings. The summed E-state index contributed by atoms with van der Waals surface area (Å²) < 4.78 is 25.1. The summed E-state index contributed by atoms with van der Waals surface area (Å²) in [6.07, 6.45) is 0.795. The van der Waals surface area contributed by atoms with Crippen LogP contribution in [-0.2, 0) is 9.47 Å². The third-order valence-corrected chi connectivity index (χ3v) is 4.24. The number of hydrogen-bond acceptors (Lipinski definition) is 6. The lowest BCUT2D eigenvalue weighted by atomic mass is 10.2. The highest BCUT2D eigenvalue weighted by atomic mass is 19.1. The molecule has 0 aliphatic carbocycles. The summed E-state index contributed by atoms with van der Waals surface area (Å²) in [7, 11) is 0. The number of anilines is 2. The van der Waals surface area contributed by atoms with Crippen molar-refractivity contribution in [2.45, 2.75) is 13.0 Å². The summed E-state index contributed by atoms with van der Waals surface area (Å²) in [5.41, 5.74) is 0.951. The van der Waals surface area contributed by atoms with Gasteiger partial charge in [-0.15, -0.1) is 0 Å². The fourth-order valence-corrected chi connectivity index (χ4v) is 2.91. The Balaban J connectivity index is 1.67. The minimum Gasteiger partial charge on any atom is -0.442 e. The summed E-state index contributed by atoms with van der Waals surface area (Å²) in [5.74, 6) is 0.0654. The maximum Gasteiger partial charge on any atom is 0.414 e. The Morgan fingerprint density at radius 3 is 2.92 bits per heavy atom. The molecule has 1 aromatic carbocycles. The van der Waals surface area contributed by atoms with Gasteiger partial charge >= 0.3 is 6.09 Å². The molecule has 26 heavy (non-hydrogen) atoms. The molecule has 138 valence electrons. The van der Waals surface area contributed by atoms with Gasteiger partial charge in [0.2, 0.25) is 0 Å². The Labute approximate surface area is 150 Å². The second-order valence-electron chi connectivity index (χ2n) is 6.01. The molecule has 0 aromatic heterocycles. The zero-order valence-corrected chi connectivity index (χ0v) is 14.4. The van der Waals surface area contributed by atoms with Crippen LogP contribution in [0.3, 0.4) is 0 Å². The Kier molecular flexibility index (Phi) is 5.53. The Morgan fingerprint density at radius 1 is 1.46 bits per heavy atom. The van der Waals surface area contributed by atoms with Crippen LogP contribution in [0.25, 0.3) is 0 Å². The molecule has 8 nitrogen and oxygen atoms in total. The molecule has 1 amide bonds. The van der Waals surface area contributed by atoms with E-state index in [2.05, 4.69) is 10.3 Å². The molecule has 0 radical (unpaired) electrons. The van der Waals surface area contributed by atoms with Crippen LogP contribution in [0, 0.1) is 17.3 Å². The number of cyclic esters (lactones) is 1. The number of halogens is 1. The average Bonchev–Trinajstić information content (AvgIpc) is 3.02. The fraction of sp³-hybridized carbons (Fsp3) is 0.471. The van der Waals surface area contributed by atoms with Crippen molar-refractivity contribution < 1.29 is 18.7 Å². The highest BCUT2D eigenvalue weighted by Crippen LogP contribution is 2.28. The van der Waals surface area contributed by atoms with Crippen molar-refractivity contribution >= 4 is 23.3 Å². The molecule has 0 unspecified atom stereocenters. The number of carbonyl (C=O) groups excluding carboxylic acids is 1. The summed E-state index contributed by atoms with van der Waals surface area (Å²) >= 11 is 0. The second-order valence-corrected chi connectivity index (χ2v) is 6.01. The zero-order valence-electron chi connectivity index (χ0n) is 14.4. The number of amidine groups is 1. The third-order valence-electron chi connectivity index (χ3n) is 4.24. The molecule has 1 N–H and O–H groups in total. The van der Waals surface area contributed by atoms with Crippen LogP contribution in [0.2, 0.25) is 0 Å². The molecule has 9 heteroatoms. The molecule has 1 atom stereocenters. The Bertz CT molecular complexity index is 742. The largest absolute Gasteiger partial charge is 0.442 e. The van der Waals surface area contributed by atoms with E-state index >= 15 is 0 Å². The molecule has 2 saturated heterocycles. The third kappa shape index (κ3) is 4.03. The lowest BCUT2D eigenvalue weighted by molar-refractivity contribution is 0.122. The van der Waals surface area contributed by atoms with E-state index < -0.39 is 12.2 Å². The number of nitrogens with zero attached hydrogens (tertiary/aromatic N) is 4. The van der Waals surface area contributed by atoms with Crippen molar-refractivity contribution in [3.8, 4) is 6.19 Å². The number of amides is 1. The minimum absolute atomic E-state index is 0.233. The van der Waals surface area contributed by atoms with Gasteiger partial charge in [0.1, 0.15) is 17.8 Å². The van der Waals surface area contributed by atoms with Gasteiger partial charge in [0.25, 0.3) is 0 Å². The molecule has 2 aliphatic rings. The average molecular weight is 361 g/mol. The topological polar surface area (TPSA) is 90.2 Å². The first kappa shape index (κ1) is 17.9. The van der Waals surface area contributed by atoms with Gasteiger partial charge in [-0.25, -0.2) is 9.18 Å². The number of ether oxygens (including phenoxy) is 2. The Morgan fingerprint density at radius 2 is 2.23 bits per heavy atom. The number of benzene rings is 1. The number of rotatable bonds is 4. The molecule has 0 saturated carbocycles. The van der Waals surface area contributed by atoms with Crippen LogP contribution in [0.5, 0.6) is 0 Å². The van der Waals surface area contributed by atoms with Crippen LogP contribution >= 0.6 is 0 Å². The van der Waals surface area contributed by atoms with Crippen molar-refractivity contribution in [3.05, 3.63) is 24.0 Å². The van der Waals surface area contributed by atoms with Crippen LogP contribution < -0.4 is 15.1 Å². The van der Waals surface area contributed by atoms with Crippen molar-refractivity contribution in [2.75, 3.05) is 49.2 Å². The van der Waals surface area contributed by atoms with Gasteiger partial charge in [0, 0.05) is 13.1 Å². The summed E-state index contributed by atoms with van der Waals surface area (Å²) in [6.45, 7) is 4.58. The van der Waals surface area contributed by atoms with E-state index in [0.717, 1.165) is 0 Å². The van der Waals surface area contributed by atoms with Crippen LogP contribution in [0.1, 0.15) is 6.92 Å². The molecular formula is C17H20FN5O3. The first-order valence-corrected chi connectivity index (χ1v) is 8.35. The monoisotopic (exact) mass is 361 g/mol. The van der Waals surface area contributed by atoms with Gasteiger partial charge in [-0.1, -0.05) is 0 Å². The fourth-order valence-electron chi connectivity index (χ4n) is 2.91. The minimum atomic E-state index is -0.533. The summed E-state index contributed by atoms with van der Waals surface area (Å²) in [5, 5.41) is 10.9. The van der Waals surface area contributed by atoms with Crippen molar-refractivity contribution in [1.29, 1.82) is 5.26 Å². The van der Waals surface area contributed by atoms with E-state index in [9.17, 15) is 9.18 Å². The molecular weight excluding hydrogens is 341 g/mol. The molecule has 0 bridgehead atoms. The summed E-state index contributed by atoms with van der Waals surface area (Å²) in [4.78, 5) is 19.5. The highest BCUT2D eigenvalue weighted by Gasteiger charge is 2.32. The van der Waals surface area contributed by atoms with E-state index in [-0.39, 0.29) is 18.9 Å². The van der Waals surface area contributed by atoms with Gasteiger partial charge < -0.3 is 14.4 Å². The van der Waals surface area contributed by atoms with Crippen molar-refractivity contribution in [3.63, 3.8) is 0 Å². The normalized spacial score (nSPS) is 20.7. The second kappa shape index (κ2) is 8.01. The molecule has 1 aromatic rings. The maximum atomic E-state index is 14.5. The smallest absolute Gasteiger partial charge is 0.414 e. The van der Waals surface area contributed by atoms with E-state index in [4.69, 9.17) is 14.7 Å². The van der Waals surface area contributed by atoms with Gasteiger partial charge in [-0.3, -0.25) is 15.2 Å². The molecule has 3 rings (SSSR count). The van der Waals surface area contributed by atoms with Gasteiger partial charge in [-0.2, -0.15) is 5.26 Å². The number of nitrogens with one attached hydrogen (secondary N) is 1. The molecule has 2 aliphatic heterocycles. The SMILES string of the molecule is C/C(=N\C[C@H]1CN(c2ccc(N3CCOCC3)c(F)c2)C(=O)O1)NC#N. The maximum absolute atomic E-state index is 14.5. The van der Waals surface area contributed by atoms with Crippen molar-refractivity contribution in [1.82, 2.24) is 5.32 Å². The lowest BCUT2D eigenvalue weighted by Gasteiger charge is -2.29. The van der Waals surface area contributed by atoms with Gasteiger partial charge in [-0.05, 0) is 25.1 Å². The zero-order chi connectivity index (χ0) is 18.5. The van der Waals surface area contributed by atoms with Crippen LogP contribution in [0.4, 0.5) is 20.6 Å². The standard InChI is InChI=1S/C17H20FN5O3/c1-12(21-11-19)20-9-14-10-23(17(24)26-14)13-2-3-16(15(18)8-13)22-4-6-25-7-5-22/h2-3,8,14H,4-7,9-10H2,1H3,(H,20,21)/t14-/m0/s1. The van der Waals surface area contributed by atoms with Gasteiger partial charge in [0.15, 0.2) is 6.19 Å². The number of aliphatic imine (C=N–C) groups is 1. The summed E-state index contributed by atoms with van der Waals surface area (Å²) in [6, 6.07) is 4.74. The van der Waals surface area contributed by atoms with E-state index in [1.54, 1.807) is 25.2 Å². The molecule has 2 heterocycles. The molecule has 0 spiro atoms. The number of carbonyl (C=O) groups is 1. The number of nitriles is 1. The van der Waals surface area contributed by atoms with E-state index in [1.165, 1.54) is 11.0 Å². The van der Waals surface area contributed by atoms with Crippen LogP contribution in [0.15, 0.2) is 23.2 Å². The predicted molar refractivity (Wildman–Crippen MR) is 93.8 cm³/mol. The number of hydrogen-bond donors (Lipinski definition) is 1.